The summed E-state index contributed by atoms with van der Waals surface area (Å²) in [6, 6.07) is -0.816. The number of rotatable bonds is 28. The first-order valence-electron chi connectivity index (χ1n) is 16.5. The second-order valence-corrected chi connectivity index (χ2v) is 11.0. The average molecular weight is 562 g/mol. The zero-order valence-corrected chi connectivity index (χ0v) is 25.9. The Morgan fingerprint density at radius 1 is 0.625 bits per heavy atom. The third-order valence-electron chi connectivity index (χ3n) is 7.14. The van der Waals surface area contributed by atoms with Gasteiger partial charge in [0.2, 0.25) is 5.91 Å². The lowest BCUT2D eigenvalue weighted by atomic mass is 10.0. The van der Waals surface area contributed by atoms with E-state index in [2.05, 4.69) is 55.6 Å². The highest BCUT2D eigenvalue weighted by Gasteiger charge is 2.22. The normalized spacial score (nSPS) is 14.6. The minimum Gasteiger partial charge on any atom is -0.394 e. The summed E-state index contributed by atoms with van der Waals surface area (Å²) in [6.45, 7) is 4.07. The van der Waals surface area contributed by atoms with Gasteiger partial charge in [-0.15, -0.1) is 0 Å². The summed E-state index contributed by atoms with van der Waals surface area (Å²) in [5, 5.41) is 32.7. The zero-order chi connectivity index (χ0) is 29.5. The average Bonchev–Trinajstić information content (AvgIpc) is 2.96. The molecule has 0 aliphatic heterocycles. The molecule has 1 amide bonds. The summed E-state index contributed by atoms with van der Waals surface area (Å²) in [7, 11) is 0. The highest BCUT2D eigenvalue weighted by Crippen LogP contribution is 2.11. The Morgan fingerprint density at radius 2 is 1.10 bits per heavy atom. The Morgan fingerprint density at radius 3 is 1.73 bits per heavy atom. The molecule has 5 heteroatoms. The molecule has 0 fully saturated rings. The van der Waals surface area contributed by atoms with Gasteiger partial charge in [-0.1, -0.05) is 127 Å². The van der Waals surface area contributed by atoms with Crippen molar-refractivity contribution in [2.45, 2.75) is 161 Å². The van der Waals surface area contributed by atoms with Crippen LogP contribution in [-0.2, 0) is 4.79 Å². The van der Waals surface area contributed by atoms with Gasteiger partial charge in [0.15, 0.2) is 0 Å². The van der Waals surface area contributed by atoms with Crippen LogP contribution in [0.4, 0.5) is 0 Å². The van der Waals surface area contributed by atoms with Crippen LogP contribution in [0.5, 0.6) is 0 Å². The number of carbonyl (C=O) groups excluding carboxylic acids is 1. The molecule has 0 aromatic rings. The molecule has 4 N–H and O–H groups in total. The molecule has 232 valence electrons. The van der Waals surface area contributed by atoms with Crippen molar-refractivity contribution in [2.24, 2.45) is 0 Å². The van der Waals surface area contributed by atoms with Gasteiger partial charge in [0, 0.05) is 0 Å². The first-order valence-corrected chi connectivity index (χ1v) is 16.5. The number of amides is 1. The van der Waals surface area contributed by atoms with Gasteiger partial charge in [-0.2, -0.15) is 0 Å². The number of hydrogen-bond acceptors (Lipinski definition) is 4. The van der Waals surface area contributed by atoms with Crippen molar-refractivity contribution in [3.63, 3.8) is 0 Å². The summed E-state index contributed by atoms with van der Waals surface area (Å²) >= 11 is 0. The molecular weight excluding hydrogens is 498 g/mol. The van der Waals surface area contributed by atoms with Crippen molar-refractivity contribution in [1.82, 2.24) is 5.32 Å². The van der Waals surface area contributed by atoms with E-state index in [1.165, 1.54) is 70.6 Å². The molecule has 5 nitrogen and oxygen atoms in total. The monoisotopic (exact) mass is 561 g/mol. The molecule has 0 saturated carbocycles. The molecule has 0 heterocycles. The van der Waals surface area contributed by atoms with Crippen LogP contribution in [0.25, 0.3) is 0 Å². The van der Waals surface area contributed by atoms with E-state index >= 15 is 0 Å². The standard InChI is InChI=1S/C35H63NO4/c1-3-5-7-9-11-13-15-16-17-18-19-20-22-24-26-28-30-34(39)35(40)36-32(31-37)33(38)29-27-25-23-21-14-12-10-8-6-4-2/h11,13-14,16-17,21,27,29,32-34,37-39H,3-10,12,15,18-20,22-26,28,30-31H2,1-2H3,(H,36,40)/b13-11-,17-16-,21-14+,29-27+. The maximum absolute atomic E-state index is 12.3. The fourth-order valence-corrected chi connectivity index (χ4v) is 4.46. The minimum atomic E-state index is -1.11. The van der Waals surface area contributed by atoms with Crippen molar-refractivity contribution >= 4 is 5.91 Å². The molecule has 0 radical (unpaired) electrons. The number of aliphatic hydroxyl groups is 3. The Bertz CT molecular complexity index is 670. The number of allylic oxidation sites excluding steroid dienone is 7. The highest BCUT2D eigenvalue weighted by molar-refractivity contribution is 5.80. The number of unbranched alkanes of at least 4 members (excludes halogenated alkanes) is 14. The third-order valence-corrected chi connectivity index (χ3v) is 7.14. The van der Waals surface area contributed by atoms with Gasteiger partial charge in [0.25, 0.3) is 0 Å². The Balaban J connectivity index is 3.86. The van der Waals surface area contributed by atoms with Crippen molar-refractivity contribution in [1.29, 1.82) is 0 Å². The van der Waals surface area contributed by atoms with Gasteiger partial charge in [-0.3, -0.25) is 4.79 Å². The van der Waals surface area contributed by atoms with E-state index in [1.54, 1.807) is 6.08 Å². The first-order chi connectivity index (χ1) is 19.6. The molecule has 3 atom stereocenters. The molecule has 0 aromatic heterocycles. The van der Waals surface area contributed by atoms with E-state index in [0.717, 1.165) is 51.4 Å². The molecule has 0 aliphatic rings. The topological polar surface area (TPSA) is 89.8 Å². The lowest BCUT2D eigenvalue weighted by molar-refractivity contribution is -0.131. The van der Waals surface area contributed by atoms with E-state index in [0.29, 0.717) is 6.42 Å². The number of aliphatic hydroxyl groups excluding tert-OH is 3. The predicted octanol–water partition coefficient (Wildman–Crippen LogP) is 8.25. The van der Waals surface area contributed by atoms with Crippen molar-refractivity contribution in [2.75, 3.05) is 6.61 Å². The second kappa shape index (κ2) is 30.3. The van der Waals surface area contributed by atoms with Crippen molar-refractivity contribution < 1.29 is 20.1 Å². The summed E-state index contributed by atoms with van der Waals surface area (Å²) in [5.41, 5.74) is 0. The predicted molar refractivity (Wildman–Crippen MR) is 171 cm³/mol. The van der Waals surface area contributed by atoms with E-state index in [1.807, 2.05) is 6.08 Å². The van der Waals surface area contributed by atoms with Gasteiger partial charge in [-0.25, -0.2) is 0 Å². The Labute approximate surface area is 246 Å². The molecule has 0 saturated heterocycles. The fourth-order valence-electron chi connectivity index (χ4n) is 4.46. The maximum atomic E-state index is 12.3. The van der Waals surface area contributed by atoms with E-state index < -0.39 is 24.2 Å². The van der Waals surface area contributed by atoms with Crippen LogP contribution in [0, 0.1) is 0 Å². The Kier molecular flexibility index (Phi) is 29.0. The van der Waals surface area contributed by atoms with Crippen molar-refractivity contribution in [3.05, 3.63) is 48.6 Å². The van der Waals surface area contributed by atoms with Gasteiger partial charge in [0.1, 0.15) is 6.10 Å². The van der Waals surface area contributed by atoms with Gasteiger partial charge >= 0.3 is 0 Å². The molecular formula is C35H63NO4. The van der Waals surface area contributed by atoms with Gasteiger partial charge in [-0.05, 0) is 64.2 Å². The summed E-state index contributed by atoms with van der Waals surface area (Å²) in [4.78, 5) is 12.3. The second-order valence-electron chi connectivity index (χ2n) is 11.0. The highest BCUT2D eigenvalue weighted by atomic mass is 16.3. The van der Waals surface area contributed by atoms with Crippen LogP contribution in [0.1, 0.15) is 142 Å². The lowest BCUT2D eigenvalue weighted by Gasteiger charge is -2.21. The molecule has 0 aromatic carbocycles. The molecule has 0 aliphatic carbocycles. The van der Waals surface area contributed by atoms with E-state index in [-0.39, 0.29) is 6.61 Å². The van der Waals surface area contributed by atoms with Crippen molar-refractivity contribution in [3.8, 4) is 0 Å². The van der Waals surface area contributed by atoms with E-state index in [4.69, 9.17) is 0 Å². The zero-order valence-electron chi connectivity index (χ0n) is 25.9. The third kappa shape index (κ3) is 25.3. The van der Waals surface area contributed by atoms with Crippen LogP contribution < -0.4 is 5.32 Å². The van der Waals surface area contributed by atoms with Crippen LogP contribution in [0.15, 0.2) is 48.6 Å². The molecule has 40 heavy (non-hydrogen) atoms. The van der Waals surface area contributed by atoms with Gasteiger partial charge < -0.3 is 20.6 Å². The molecule has 0 spiro atoms. The quantitative estimate of drug-likeness (QED) is 0.0572. The van der Waals surface area contributed by atoms with Gasteiger partial charge in [0.05, 0.1) is 18.8 Å². The molecule has 0 rings (SSSR count). The van der Waals surface area contributed by atoms with E-state index in [9.17, 15) is 20.1 Å². The van der Waals surface area contributed by atoms with Crippen LogP contribution in [-0.4, -0.2) is 46.1 Å². The number of nitrogens with one attached hydrogen (secondary N) is 1. The summed E-state index contributed by atoms with van der Waals surface area (Å²) < 4.78 is 0. The smallest absolute Gasteiger partial charge is 0.249 e. The summed E-state index contributed by atoms with van der Waals surface area (Å²) in [5.74, 6) is -0.528. The molecule has 0 bridgehead atoms. The lowest BCUT2D eigenvalue weighted by Crippen LogP contribution is -2.48. The van der Waals surface area contributed by atoms with Crippen LogP contribution >= 0.6 is 0 Å². The minimum absolute atomic E-state index is 0.382. The van der Waals surface area contributed by atoms with Crippen LogP contribution in [0.2, 0.25) is 0 Å². The fraction of sp³-hybridized carbons (Fsp3) is 0.743. The molecule has 3 unspecified atom stereocenters. The first kappa shape index (κ1) is 38.3. The largest absolute Gasteiger partial charge is 0.394 e. The summed E-state index contributed by atoms with van der Waals surface area (Å²) in [6.07, 6.45) is 36.9. The SMILES string of the molecule is CCCCC/C=C\C/C=C\CCCCCCCCC(O)C(=O)NC(CO)C(O)/C=C/CC/C=C/CCCCCC. The van der Waals surface area contributed by atoms with Crippen LogP contribution in [0.3, 0.4) is 0 Å². The Hall–Kier alpha value is -1.69. The maximum Gasteiger partial charge on any atom is 0.249 e. The number of carbonyl (C=O) groups is 1. The number of hydrogen-bond donors (Lipinski definition) is 4.